The van der Waals surface area contributed by atoms with E-state index in [2.05, 4.69) is 13.8 Å². The molecular formula is C41H49NO16. The minimum Gasteiger partial charge on any atom is -0.508 e. The van der Waals surface area contributed by atoms with E-state index in [9.17, 15) is 24.9 Å². The molecule has 4 aliphatic heterocycles. The predicted octanol–water partition coefficient (Wildman–Crippen LogP) is 3.05. The average Bonchev–Trinajstić information content (AvgIpc) is 3.82. The second-order valence-corrected chi connectivity index (χ2v) is 14.9. The fourth-order valence-electron chi connectivity index (χ4n) is 7.61. The summed E-state index contributed by atoms with van der Waals surface area (Å²) >= 11 is 0. The number of aliphatic hydroxyl groups excluding tert-OH is 2. The van der Waals surface area contributed by atoms with Gasteiger partial charge in [-0.2, -0.15) is 4.89 Å². The van der Waals surface area contributed by atoms with Crippen LogP contribution in [0.25, 0.3) is 0 Å². The lowest BCUT2D eigenvalue weighted by molar-refractivity contribution is -0.375. The lowest BCUT2D eigenvalue weighted by Crippen LogP contribution is -2.61. The van der Waals surface area contributed by atoms with E-state index >= 15 is 0 Å². The summed E-state index contributed by atoms with van der Waals surface area (Å²) in [6, 6.07) is 12.3. The lowest BCUT2D eigenvalue weighted by Gasteiger charge is -2.42. The molecule has 0 aliphatic carbocycles. The number of carbonyl (C=O) groups excluding carboxylic acids is 1. The highest BCUT2D eigenvalue weighted by molar-refractivity contribution is 5.90. The van der Waals surface area contributed by atoms with E-state index in [1.807, 2.05) is 6.07 Å². The summed E-state index contributed by atoms with van der Waals surface area (Å²) in [5.41, 5.74) is 9.94. The maximum atomic E-state index is 12.1. The minimum atomic E-state index is -1.50. The van der Waals surface area contributed by atoms with Crippen LogP contribution in [0.1, 0.15) is 66.5 Å². The second-order valence-electron chi connectivity index (χ2n) is 14.9. The third kappa shape index (κ3) is 9.05. The fourth-order valence-corrected chi connectivity index (χ4v) is 7.61. The Kier molecular flexibility index (Phi) is 13.1. The van der Waals surface area contributed by atoms with Gasteiger partial charge in [0, 0.05) is 48.4 Å². The Morgan fingerprint density at radius 1 is 0.966 bits per heavy atom. The van der Waals surface area contributed by atoms with Crippen molar-refractivity contribution in [1.82, 2.24) is 0 Å². The number of ether oxygens (including phenoxy) is 8. The molecule has 0 radical (unpaired) electrons. The van der Waals surface area contributed by atoms with Crippen LogP contribution in [0.3, 0.4) is 0 Å². The van der Waals surface area contributed by atoms with E-state index < -0.39 is 61.8 Å². The number of phenols is 1. The van der Waals surface area contributed by atoms with Gasteiger partial charge < -0.3 is 68.9 Å². The summed E-state index contributed by atoms with van der Waals surface area (Å²) < 4.78 is 48.0. The molecule has 0 amide bonds. The highest BCUT2D eigenvalue weighted by Gasteiger charge is 2.50. The van der Waals surface area contributed by atoms with E-state index in [-0.39, 0.29) is 57.0 Å². The Balaban J connectivity index is 1.19. The Labute approximate surface area is 334 Å². The van der Waals surface area contributed by atoms with E-state index in [0.717, 1.165) is 28.0 Å². The Morgan fingerprint density at radius 3 is 2.52 bits per heavy atom. The molecule has 7 rings (SSSR count). The largest absolute Gasteiger partial charge is 0.508 e. The van der Waals surface area contributed by atoms with Crippen LogP contribution in [-0.4, -0.2) is 109 Å². The molecule has 4 heterocycles. The molecule has 7 atom stereocenters. The molecule has 17 nitrogen and oxygen atoms in total. The minimum absolute atomic E-state index is 0.000431. The van der Waals surface area contributed by atoms with E-state index in [1.165, 1.54) is 0 Å². The Morgan fingerprint density at radius 2 is 1.78 bits per heavy atom. The van der Waals surface area contributed by atoms with Crippen LogP contribution in [0.5, 0.6) is 34.5 Å². The molecule has 0 aromatic heterocycles. The first-order chi connectivity index (χ1) is 28.0. The molecule has 17 heteroatoms. The summed E-state index contributed by atoms with van der Waals surface area (Å²) in [4.78, 5) is 35.1. The van der Waals surface area contributed by atoms with Crippen LogP contribution < -0.4 is 29.6 Å². The van der Waals surface area contributed by atoms with Crippen molar-refractivity contribution in [3.8, 4) is 34.5 Å². The molecule has 7 unspecified atom stereocenters. The van der Waals surface area contributed by atoms with E-state index in [4.69, 9.17) is 58.5 Å². The van der Waals surface area contributed by atoms with Crippen molar-refractivity contribution in [2.24, 2.45) is 11.7 Å². The topological polar surface area (TPSA) is 233 Å². The fraction of sp³-hybridized carbons (Fsp3) is 0.512. The summed E-state index contributed by atoms with van der Waals surface area (Å²) in [6.45, 7) is 4.14. The number of carbonyl (C=O) groups is 2. The molecule has 6 N–H and O–H groups in total. The smallest absolute Gasteiger partial charge is 0.317 e. The molecule has 3 aromatic rings. The molecule has 314 valence electrons. The first-order valence-electron chi connectivity index (χ1n) is 19.3. The molecule has 1 saturated heterocycles. The van der Waals surface area contributed by atoms with Crippen LogP contribution >= 0.6 is 0 Å². The van der Waals surface area contributed by atoms with E-state index in [1.54, 1.807) is 36.4 Å². The molecule has 4 aliphatic rings. The highest BCUT2D eigenvalue weighted by atomic mass is 17.2. The first-order valence-corrected chi connectivity index (χ1v) is 19.3. The van der Waals surface area contributed by atoms with Gasteiger partial charge in [0.05, 0.1) is 19.1 Å². The van der Waals surface area contributed by atoms with Crippen LogP contribution in [0.15, 0.2) is 42.5 Å². The number of carboxylic acid groups (broad SMARTS) is 1. The second kappa shape index (κ2) is 18.4. The van der Waals surface area contributed by atoms with Gasteiger partial charge in [0.25, 0.3) is 0 Å². The Bertz CT molecular complexity index is 1920. The van der Waals surface area contributed by atoms with Gasteiger partial charge in [0.1, 0.15) is 54.7 Å². The number of rotatable bonds is 18. The van der Waals surface area contributed by atoms with Gasteiger partial charge in [-0.3, -0.25) is 9.59 Å². The van der Waals surface area contributed by atoms with Gasteiger partial charge in [-0.05, 0) is 54.7 Å². The van der Waals surface area contributed by atoms with E-state index in [0.29, 0.717) is 48.2 Å². The molecule has 0 bridgehead atoms. The zero-order valence-electron chi connectivity index (χ0n) is 32.2. The van der Waals surface area contributed by atoms with Gasteiger partial charge in [0.15, 0.2) is 29.6 Å². The maximum Gasteiger partial charge on any atom is 0.317 e. The monoisotopic (exact) mass is 811 g/mol. The summed E-state index contributed by atoms with van der Waals surface area (Å²) in [5, 5.41) is 40.0. The summed E-state index contributed by atoms with van der Waals surface area (Å²) in [7, 11) is 0. The molecule has 1 fully saturated rings. The van der Waals surface area contributed by atoms with Crippen LogP contribution in [0.2, 0.25) is 0 Å². The SMILES string of the molecule is CC(C)Cc1c2c(cc3c1OC1c4cc(OOC5C(OCCN)OC(COC(=O)CC(=O)O)C(OCCCO)C5O)cc(Cc5ccc(O)cc5)c4OCC31)OCO2. The van der Waals surface area contributed by atoms with Crippen molar-refractivity contribution in [3.63, 3.8) is 0 Å². The number of benzene rings is 3. The number of aromatic hydroxyl groups is 1. The van der Waals surface area contributed by atoms with Gasteiger partial charge in [-0.25, -0.2) is 0 Å². The van der Waals surface area contributed by atoms with Gasteiger partial charge in [-0.1, -0.05) is 26.0 Å². The number of nitrogens with two attached hydrogens (primary N) is 1. The molecule has 0 saturated carbocycles. The third-order valence-corrected chi connectivity index (χ3v) is 10.2. The van der Waals surface area contributed by atoms with Gasteiger partial charge in [-0.15, -0.1) is 0 Å². The third-order valence-electron chi connectivity index (χ3n) is 10.2. The molecule has 3 aromatic carbocycles. The predicted molar refractivity (Wildman–Crippen MR) is 200 cm³/mol. The Hall–Kier alpha value is -4.88. The molecule has 58 heavy (non-hydrogen) atoms. The quantitative estimate of drug-likeness (QED) is 0.0408. The zero-order valence-corrected chi connectivity index (χ0v) is 32.2. The molecule has 0 spiro atoms. The highest BCUT2D eigenvalue weighted by Crippen LogP contribution is 2.58. The number of hydrogen-bond acceptors (Lipinski definition) is 16. The maximum absolute atomic E-state index is 12.1. The van der Waals surface area contributed by atoms with Crippen LogP contribution in [0.4, 0.5) is 0 Å². The van der Waals surface area contributed by atoms with Crippen molar-refractivity contribution in [3.05, 3.63) is 70.3 Å². The average molecular weight is 812 g/mol. The number of esters is 1. The van der Waals surface area contributed by atoms with Gasteiger partial charge in [0.2, 0.25) is 6.79 Å². The van der Waals surface area contributed by atoms with Crippen LogP contribution in [0, 0.1) is 5.92 Å². The van der Waals surface area contributed by atoms with Gasteiger partial charge >= 0.3 is 11.9 Å². The van der Waals surface area contributed by atoms with Crippen molar-refractivity contribution >= 4 is 11.9 Å². The van der Waals surface area contributed by atoms with Crippen molar-refractivity contribution in [1.29, 1.82) is 0 Å². The number of phenolic OH excluding ortho intramolecular Hbond substituents is 1. The van der Waals surface area contributed by atoms with Crippen LogP contribution in [-0.2, 0) is 46.3 Å². The van der Waals surface area contributed by atoms with Crippen molar-refractivity contribution in [2.75, 3.05) is 46.4 Å². The molecular weight excluding hydrogens is 762 g/mol. The van der Waals surface area contributed by atoms with Crippen molar-refractivity contribution < 1.29 is 77.7 Å². The number of carboxylic acids is 1. The summed E-state index contributed by atoms with van der Waals surface area (Å²) in [5.74, 6) is 0.800. The number of aliphatic hydroxyl groups is 2. The number of hydrogen-bond donors (Lipinski definition) is 5. The first kappa shape index (κ1) is 41.3. The lowest BCUT2D eigenvalue weighted by atomic mass is 9.86. The normalized spacial score (nSPS) is 24.0. The van der Waals surface area contributed by atoms with Crippen molar-refractivity contribution in [2.45, 2.75) is 82.3 Å². The number of aliphatic carboxylic acids is 1. The zero-order chi connectivity index (χ0) is 40.9. The number of fused-ring (bicyclic) bond motifs is 6. The summed E-state index contributed by atoms with van der Waals surface area (Å²) in [6.07, 6.45) is -6.49. The standard InChI is InChI=1S/C41H49NO16/c1-21(2)12-27-36-26(16-30-38(27)54-20-53-30)29-18-52-35-23(13-22-4-6-24(44)7-5-22)14-25(15-28(35)37(29)56-36)57-58-40-34(48)39(49-10-3-9-43)31(55-41(40)50-11-8-42)19-51-33(47)17-32(45)46/h4-7,14-16,21,29,31,34,37,39-41,43-44,48H,3,8-13,17-20,42H2,1-2H3,(H,45,46).